The molecule has 0 fully saturated rings. The third-order valence-electron chi connectivity index (χ3n) is 1.22. The number of ketones is 3. The Morgan fingerprint density at radius 1 is 0.818 bits per heavy atom. The molecule has 0 aromatic rings. The van der Waals surface area contributed by atoms with Crippen molar-refractivity contribution in [3.63, 3.8) is 0 Å². The van der Waals surface area contributed by atoms with Crippen molar-refractivity contribution in [3.05, 3.63) is 0 Å². The van der Waals surface area contributed by atoms with Gasteiger partial charge in [-0.25, -0.2) is 0 Å². The molecule has 0 aromatic carbocycles. The molecule has 0 saturated heterocycles. The minimum atomic E-state index is -1.03. The van der Waals surface area contributed by atoms with E-state index in [1.165, 1.54) is 20.8 Å². The number of carbonyl (C=O) groups excluding carboxylic acids is 3. The molecular formula is C7H10O3Ru+2. The van der Waals surface area contributed by atoms with Gasteiger partial charge in [0, 0.05) is 0 Å². The summed E-state index contributed by atoms with van der Waals surface area (Å²) < 4.78 is 0. The molecule has 0 rings (SSSR count). The fourth-order valence-electron chi connectivity index (χ4n) is 0.859. The molecule has 0 aliphatic heterocycles. The van der Waals surface area contributed by atoms with Gasteiger partial charge in [0.05, 0.1) is 0 Å². The molecule has 11 heavy (non-hydrogen) atoms. The Morgan fingerprint density at radius 3 is 1.00 bits per heavy atom. The third-order valence-corrected chi connectivity index (χ3v) is 1.22. The molecular weight excluding hydrogens is 233 g/mol. The minimum absolute atomic E-state index is 0. The Balaban J connectivity index is 0. The molecule has 3 nitrogen and oxygen atoms in total. The maximum atomic E-state index is 10.6. The molecule has 62 valence electrons. The molecule has 0 N–H and O–H groups in total. The summed E-state index contributed by atoms with van der Waals surface area (Å²) in [6, 6.07) is 0. The first-order chi connectivity index (χ1) is 4.46. The molecule has 0 spiro atoms. The Morgan fingerprint density at radius 2 is 1.00 bits per heavy atom. The van der Waals surface area contributed by atoms with E-state index in [9.17, 15) is 14.4 Å². The first-order valence-electron chi connectivity index (χ1n) is 2.98. The first-order valence-corrected chi connectivity index (χ1v) is 2.98. The zero-order valence-corrected chi connectivity index (χ0v) is 8.39. The second-order valence-corrected chi connectivity index (χ2v) is 2.26. The van der Waals surface area contributed by atoms with Crippen LogP contribution in [0, 0.1) is 5.92 Å². The SMILES string of the molecule is CC(=O)C(C(C)=O)C(C)=O.[Ru+2]. The van der Waals surface area contributed by atoms with Gasteiger partial charge in [-0.1, -0.05) is 0 Å². The Hall–Kier alpha value is -0.367. The van der Waals surface area contributed by atoms with Crippen LogP contribution in [0.25, 0.3) is 0 Å². The molecule has 0 amide bonds. The first kappa shape index (κ1) is 13.2. The fourth-order valence-corrected chi connectivity index (χ4v) is 0.859. The van der Waals surface area contributed by atoms with E-state index in [0.717, 1.165) is 0 Å². The van der Waals surface area contributed by atoms with Gasteiger partial charge >= 0.3 is 19.5 Å². The van der Waals surface area contributed by atoms with Crippen LogP contribution in [0.2, 0.25) is 0 Å². The van der Waals surface area contributed by atoms with Gasteiger partial charge in [-0.15, -0.1) is 0 Å². The molecule has 0 atom stereocenters. The van der Waals surface area contributed by atoms with Crippen LogP contribution in [-0.2, 0) is 33.9 Å². The van der Waals surface area contributed by atoms with Crippen LogP contribution in [0.1, 0.15) is 20.8 Å². The topological polar surface area (TPSA) is 51.2 Å². The van der Waals surface area contributed by atoms with Gasteiger partial charge in [0.15, 0.2) is 0 Å². The van der Waals surface area contributed by atoms with Crippen molar-refractivity contribution in [2.24, 2.45) is 5.92 Å². The van der Waals surface area contributed by atoms with Gasteiger partial charge < -0.3 is 0 Å². The molecule has 0 aliphatic carbocycles. The van der Waals surface area contributed by atoms with E-state index in [1.54, 1.807) is 0 Å². The largest absolute Gasteiger partial charge is 2.00 e. The van der Waals surface area contributed by atoms with E-state index < -0.39 is 5.92 Å². The van der Waals surface area contributed by atoms with Crippen LogP contribution in [0.15, 0.2) is 0 Å². The maximum absolute atomic E-state index is 10.6. The van der Waals surface area contributed by atoms with E-state index in [-0.39, 0.29) is 36.8 Å². The summed E-state index contributed by atoms with van der Waals surface area (Å²) >= 11 is 0. The van der Waals surface area contributed by atoms with Crippen LogP contribution < -0.4 is 0 Å². The predicted octanol–water partition coefficient (Wildman–Crippen LogP) is 0.367. The third kappa shape index (κ3) is 4.15. The van der Waals surface area contributed by atoms with Gasteiger partial charge in [0.25, 0.3) is 0 Å². The Kier molecular flexibility index (Phi) is 6.39. The van der Waals surface area contributed by atoms with Crippen LogP contribution in [0.4, 0.5) is 0 Å². The van der Waals surface area contributed by atoms with Crippen LogP contribution in [-0.4, -0.2) is 17.3 Å². The summed E-state index contributed by atoms with van der Waals surface area (Å²) in [5, 5.41) is 0. The average molecular weight is 243 g/mol. The molecule has 0 aromatic heterocycles. The zero-order chi connectivity index (χ0) is 8.31. The minimum Gasteiger partial charge on any atom is -0.299 e. The predicted molar refractivity (Wildman–Crippen MR) is 35.5 cm³/mol. The maximum Gasteiger partial charge on any atom is 2.00 e. The van der Waals surface area contributed by atoms with Crippen LogP contribution in [0.5, 0.6) is 0 Å². The molecule has 0 saturated carbocycles. The Labute approximate surface area is 78.3 Å². The van der Waals surface area contributed by atoms with E-state index >= 15 is 0 Å². The summed E-state index contributed by atoms with van der Waals surface area (Å²) in [5.41, 5.74) is 0. The van der Waals surface area contributed by atoms with Gasteiger partial charge in [-0.05, 0) is 20.8 Å². The molecule has 0 bridgehead atoms. The van der Waals surface area contributed by atoms with E-state index in [4.69, 9.17) is 0 Å². The molecule has 0 unspecified atom stereocenters. The summed E-state index contributed by atoms with van der Waals surface area (Å²) in [7, 11) is 0. The summed E-state index contributed by atoms with van der Waals surface area (Å²) in [4.78, 5) is 31.8. The second kappa shape index (κ2) is 5.31. The van der Waals surface area contributed by atoms with Gasteiger partial charge in [0.2, 0.25) is 0 Å². The van der Waals surface area contributed by atoms with Crippen molar-refractivity contribution in [1.82, 2.24) is 0 Å². The van der Waals surface area contributed by atoms with Crippen molar-refractivity contribution >= 4 is 17.3 Å². The van der Waals surface area contributed by atoms with Crippen molar-refractivity contribution in [2.45, 2.75) is 20.8 Å². The molecule has 4 heteroatoms. The van der Waals surface area contributed by atoms with Crippen molar-refractivity contribution in [1.29, 1.82) is 0 Å². The summed E-state index contributed by atoms with van der Waals surface area (Å²) in [6.07, 6.45) is 0. The summed E-state index contributed by atoms with van der Waals surface area (Å²) in [6.45, 7) is 3.73. The molecule has 0 aliphatic rings. The quantitative estimate of drug-likeness (QED) is 0.531. The second-order valence-electron chi connectivity index (χ2n) is 2.26. The smallest absolute Gasteiger partial charge is 0.299 e. The number of hydrogen-bond donors (Lipinski definition) is 0. The van der Waals surface area contributed by atoms with Gasteiger partial charge in [-0.2, -0.15) is 0 Å². The van der Waals surface area contributed by atoms with E-state index in [1.807, 2.05) is 0 Å². The van der Waals surface area contributed by atoms with Gasteiger partial charge in [-0.3, -0.25) is 14.4 Å². The van der Waals surface area contributed by atoms with Crippen molar-refractivity contribution < 1.29 is 33.9 Å². The van der Waals surface area contributed by atoms with Crippen LogP contribution >= 0.6 is 0 Å². The van der Waals surface area contributed by atoms with Crippen molar-refractivity contribution in [3.8, 4) is 0 Å². The van der Waals surface area contributed by atoms with Crippen molar-refractivity contribution in [2.75, 3.05) is 0 Å². The summed E-state index contributed by atoms with van der Waals surface area (Å²) in [5.74, 6) is -2.15. The number of carbonyl (C=O) groups is 3. The molecule has 0 heterocycles. The van der Waals surface area contributed by atoms with Gasteiger partial charge in [0.1, 0.15) is 23.3 Å². The average Bonchev–Trinajstić information content (AvgIpc) is 1.59. The number of rotatable bonds is 3. The monoisotopic (exact) mass is 244 g/mol. The van der Waals surface area contributed by atoms with E-state index in [2.05, 4.69) is 0 Å². The van der Waals surface area contributed by atoms with E-state index in [0.29, 0.717) is 0 Å². The normalized spacial score (nSPS) is 8.73. The fraction of sp³-hybridized carbons (Fsp3) is 0.571. The Bertz CT molecular complexity index is 153. The number of hydrogen-bond acceptors (Lipinski definition) is 3. The molecule has 0 radical (unpaired) electrons. The number of Topliss-reactive ketones (excluding diaryl/α,β-unsaturated/α-hetero) is 3. The zero-order valence-electron chi connectivity index (χ0n) is 6.66. The standard InChI is InChI=1S/C7H10O3.Ru/c1-4(8)7(5(2)9)6(3)10;/h7H,1-3H3;/q;+2. The van der Waals surface area contributed by atoms with Crippen LogP contribution in [0.3, 0.4) is 0 Å².